The smallest absolute Gasteiger partial charge is 0.200 e. The van der Waals surface area contributed by atoms with Crippen LogP contribution in [0.25, 0.3) is 11.1 Å². The molecule has 8 heteroatoms. The van der Waals surface area contributed by atoms with Crippen molar-refractivity contribution in [2.75, 3.05) is 45.8 Å². The lowest BCUT2D eigenvalue weighted by Crippen LogP contribution is -2.38. The minimum Gasteiger partial charge on any atom is -0.507 e. The fourth-order valence-corrected chi connectivity index (χ4v) is 3.88. The highest BCUT2D eigenvalue weighted by Crippen LogP contribution is 2.45. The predicted octanol–water partition coefficient (Wildman–Crippen LogP) is 2.79. The van der Waals surface area contributed by atoms with Crippen molar-refractivity contribution in [1.82, 2.24) is 0 Å². The summed E-state index contributed by atoms with van der Waals surface area (Å²) in [5, 5.41) is 21.2. The normalized spacial score (nSPS) is 12.9. The summed E-state index contributed by atoms with van der Waals surface area (Å²) in [6, 6.07) is 11.0. The summed E-state index contributed by atoms with van der Waals surface area (Å²) in [4.78, 5) is 26.3. The van der Waals surface area contributed by atoms with Crippen molar-refractivity contribution < 1.29 is 29.0 Å². The topological polar surface area (TPSA) is 136 Å². The van der Waals surface area contributed by atoms with Crippen LogP contribution in [0.4, 0.5) is 11.4 Å². The summed E-state index contributed by atoms with van der Waals surface area (Å²) in [6.07, 6.45) is 0. The Kier molecular flexibility index (Phi) is 5.26. The number of likely N-dealkylation sites (N-methyl/N-ethyl adjacent to an activating group) is 1. The average molecular weight is 448 g/mol. The second-order valence-electron chi connectivity index (χ2n) is 9.08. The van der Waals surface area contributed by atoms with E-state index in [4.69, 9.17) is 16.2 Å². The average Bonchev–Trinajstić information content (AvgIpc) is 2.74. The number of phenolic OH excluding ortho intramolecular Hbond substituents is 2. The van der Waals surface area contributed by atoms with Crippen LogP contribution in [0, 0.1) is 0 Å². The minimum atomic E-state index is -0.667. The number of carbonyl (C=O) groups is 2. The molecule has 0 unspecified atom stereocenters. The number of hydrogen-bond acceptors (Lipinski definition) is 7. The van der Waals surface area contributed by atoms with Gasteiger partial charge in [0.05, 0.1) is 43.4 Å². The third-order valence-corrected chi connectivity index (χ3v) is 5.65. The highest BCUT2D eigenvalue weighted by atomic mass is 16.5. The van der Waals surface area contributed by atoms with Gasteiger partial charge in [0.15, 0.2) is 0 Å². The van der Waals surface area contributed by atoms with E-state index in [0.29, 0.717) is 23.5 Å². The number of nitrogen functional groups attached to an aromatic ring is 2. The van der Waals surface area contributed by atoms with Crippen molar-refractivity contribution in [1.29, 1.82) is 0 Å². The van der Waals surface area contributed by atoms with Gasteiger partial charge in [-0.15, -0.1) is 0 Å². The number of phenols is 2. The molecule has 1 aliphatic rings. The number of fused-ring (bicyclic) bond motifs is 2. The molecule has 0 atom stereocenters. The van der Waals surface area contributed by atoms with Crippen LogP contribution in [0.1, 0.15) is 31.8 Å². The van der Waals surface area contributed by atoms with E-state index in [9.17, 15) is 19.8 Å². The fourth-order valence-electron chi connectivity index (χ4n) is 3.88. The molecule has 4 rings (SSSR count). The maximum absolute atomic E-state index is 13.3. The number of hydrogen-bond donors (Lipinski definition) is 4. The van der Waals surface area contributed by atoms with Gasteiger partial charge in [-0.2, -0.15) is 0 Å². The first-order chi connectivity index (χ1) is 15.5. The maximum atomic E-state index is 13.3. The van der Waals surface area contributed by atoms with Gasteiger partial charge >= 0.3 is 0 Å². The van der Waals surface area contributed by atoms with E-state index in [1.807, 2.05) is 0 Å². The first-order valence-corrected chi connectivity index (χ1v) is 10.4. The van der Waals surface area contributed by atoms with Crippen LogP contribution in [-0.4, -0.2) is 60.6 Å². The molecule has 33 heavy (non-hydrogen) atoms. The lowest BCUT2D eigenvalue weighted by atomic mass is 9.80. The number of nitrogens with zero attached hydrogens (tertiary/aromatic N) is 1. The van der Waals surface area contributed by atoms with Gasteiger partial charge in [0, 0.05) is 16.9 Å². The Hall–Kier alpha value is -4.04. The maximum Gasteiger partial charge on any atom is 0.200 e. The monoisotopic (exact) mass is 448 g/mol. The Morgan fingerprint density at radius 2 is 1.42 bits per heavy atom. The lowest BCUT2D eigenvalue weighted by Gasteiger charge is -2.24. The zero-order valence-corrected chi connectivity index (χ0v) is 18.7. The quantitative estimate of drug-likeness (QED) is 0.209. The molecule has 0 saturated heterocycles. The summed E-state index contributed by atoms with van der Waals surface area (Å²) < 4.78 is 6.55. The molecule has 1 aliphatic carbocycles. The van der Waals surface area contributed by atoms with E-state index in [1.165, 1.54) is 18.2 Å². The van der Waals surface area contributed by atoms with Crippen molar-refractivity contribution in [3.63, 3.8) is 0 Å². The molecule has 0 heterocycles. The number of anilines is 2. The molecule has 0 aromatic heterocycles. The molecule has 0 fully saturated rings. The molecule has 0 amide bonds. The Labute approximate surface area is 191 Å². The minimum absolute atomic E-state index is 0.0203. The van der Waals surface area contributed by atoms with Gasteiger partial charge in [-0.1, -0.05) is 12.1 Å². The molecule has 0 aliphatic heterocycles. The van der Waals surface area contributed by atoms with Gasteiger partial charge < -0.3 is 30.9 Å². The molecule has 8 nitrogen and oxygen atoms in total. The first kappa shape index (κ1) is 22.2. The number of rotatable bonds is 5. The standard InChI is InChI=1S/C25H25N3O5/c1-28(2,3)10-11-33-14-6-4-13(5-7-14)15-12-17(27)20-22(23(15)30)25(32)19-16(26)8-9-18(29)21(19)24(20)31/h4-9,12H,10-11H2,1-3H3,(H5-,26,27,29,30,31,32)/p+1. The number of aromatic hydroxyl groups is 2. The zero-order chi connectivity index (χ0) is 24.1. The highest BCUT2D eigenvalue weighted by molar-refractivity contribution is 6.33. The second kappa shape index (κ2) is 7.83. The molecule has 170 valence electrons. The van der Waals surface area contributed by atoms with Crippen LogP contribution in [-0.2, 0) is 0 Å². The molecule has 6 N–H and O–H groups in total. The van der Waals surface area contributed by atoms with Crippen molar-refractivity contribution >= 4 is 22.9 Å². The molecule has 0 bridgehead atoms. The van der Waals surface area contributed by atoms with Crippen LogP contribution >= 0.6 is 0 Å². The van der Waals surface area contributed by atoms with E-state index >= 15 is 0 Å². The number of ketones is 2. The Balaban J connectivity index is 1.74. The van der Waals surface area contributed by atoms with Gasteiger partial charge in [-0.3, -0.25) is 9.59 Å². The summed E-state index contributed by atoms with van der Waals surface area (Å²) in [5.74, 6) is -1.40. The molecule has 0 spiro atoms. The predicted molar refractivity (Wildman–Crippen MR) is 126 cm³/mol. The summed E-state index contributed by atoms with van der Waals surface area (Å²) in [7, 11) is 6.24. The number of nitrogens with two attached hydrogens (primary N) is 2. The number of benzene rings is 3. The van der Waals surface area contributed by atoms with Gasteiger partial charge in [-0.25, -0.2) is 0 Å². The SMILES string of the molecule is C[N+](C)(C)CCOc1ccc(-c2cc(N)c3c(c2O)C(=O)c2c(N)ccc(O)c2C3=O)cc1. The second-order valence-corrected chi connectivity index (χ2v) is 9.08. The molecule has 0 radical (unpaired) electrons. The number of quaternary nitrogens is 1. The highest BCUT2D eigenvalue weighted by Gasteiger charge is 2.38. The van der Waals surface area contributed by atoms with Crippen molar-refractivity contribution in [2.45, 2.75) is 0 Å². The van der Waals surface area contributed by atoms with E-state index in [0.717, 1.165) is 11.0 Å². The van der Waals surface area contributed by atoms with Gasteiger partial charge in [0.2, 0.25) is 11.6 Å². The van der Waals surface area contributed by atoms with Gasteiger partial charge in [0.1, 0.15) is 30.4 Å². The van der Waals surface area contributed by atoms with E-state index in [1.54, 1.807) is 24.3 Å². The lowest BCUT2D eigenvalue weighted by molar-refractivity contribution is -0.870. The summed E-state index contributed by atoms with van der Waals surface area (Å²) in [5.41, 5.74) is 12.3. The third-order valence-electron chi connectivity index (χ3n) is 5.65. The van der Waals surface area contributed by atoms with Crippen molar-refractivity contribution in [3.8, 4) is 28.4 Å². The molecular formula is C25H26N3O5+. The molecular weight excluding hydrogens is 422 g/mol. The molecule has 3 aromatic carbocycles. The van der Waals surface area contributed by atoms with Crippen LogP contribution in [0.2, 0.25) is 0 Å². The largest absolute Gasteiger partial charge is 0.507 e. The summed E-state index contributed by atoms with van der Waals surface area (Å²) in [6.45, 7) is 1.38. The van der Waals surface area contributed by atoms with Crippen LogP contribution in [0.5, 0.6) is 17.2 Å². The van der Waals surface area contributed by atoms with Crippen molar-refractivity contribution in [3.05, 3.63) is 64.7 Å². The first-order valence-electron chi connectivity index (χ1n) is 10.4. The third kappa shape index (κ3) is 3.85. The van der Waals surface area contributed by atoms with E-state index < -0.39 is 11.6 Å². The Bertz CT molecular complexity index is 1290. The summed E-state index contributed by atoms with van der Waals surface area (Å²) >= 11 is 0. The Morgan fingerprint density at radius 1 is 0.818 bits per heavy atom. The van der Waals surface area contributed by atoms with Crippen LogP contribution < -0.4 is 16.2 Å². The molecule has 0 saturated carbocycles. The van der Waals surface area contributed by atoms with E-state index in [2.05, 4.69) is 21.1 Å². The van der Waals surface area contributed by atoms with Gasteiger partial charge in [0.25, 0.3) is 0 Å². The van der Waals surface area contributed by atoms with Crippen molar-refractivity contribution in [2.24, 2.45) is 0 Å². The fraction of sp³-hybridized carbons (Fsp3) is 0.200. The van der Waals surface area contributed by atoms with Crippen LogP contribution in [0.15, 0.2) is 42.5 Å². The Morgan fingerprint density at radius 3 is 2.06 bits per heavy atom. The van der Waals surface area contributed by atoms with E-state index in [-0.39, 0.29) is 45.1 Å². The van der Waals surface area contributed by atoms with Gasteiger partial charge in [-0.05, 0) is 35.9 Å². The molecule has 3 aromatic rings. The number of carbonyl (C=O) groups excluding carboxylic acids is 2. The van der Waals surface area contributed by atoms with Crippen LogP contribution in [0.3, 0.4) is 0 Å². The number of ether oxygens (including phenoxy) is 1. The zero-order valence-electron chi connectivity index (χ0n) is 18.7.